The molecule has 0 aromatic heterocycles. The summed E-state index contributed by atoms with van der Waals surface area (Å²) >= 11 is -0.826. The van der Waals surface area contributed by atoms with Gasteiger partial charge in [-0.1, -0.05) is 90.5 Å². The fourth-order valence-corrected chi connectivity index (χ4v) is 6.73. The van der Waals surface area contributed by atoms with Crippen molar-refractivity contribution in [1.82, 2.24) is 0 Å². The molecule has 7 unspecified atom stereocenters. The fraction of sp³-hybridized carbons (Fsp3) is 0.643. The molecule has 0 amide bonds. The van der Waals surface area contributed by atoms with Crippen LogP contribution in [0.25, 0.3) is 0 Å². The monoisotopic (exact) mass is 540 g/mol. The third-order valence-electron chi connectivity index (χ3n) is 8.28. The van der Waals surface area contributed by atoms with Gasteiger partial charge in [-0.3, -0.25) is 0 Å². The van der Waals surface area contributed by atoms with Gasteiger partial charge >= 0.3 is 37.9 Å². The van der Waals surface area contributed by atoms with Gasteiger partial charge in [-0.25, -0.2) is 0 Å². The van der Waals surface area contributed by atoms with E-state index in [1.807, 2.05) is 0 Å². The zero-order chi connectivity index (χ0) is 21.4. The molecule has 0 saturated heterocycles. The van der Waals surface area contributed by atoms with Gasteiger partial charge in [0.25, 0.3) is 0 Å². The number of fused-ring (bicyclic) bond motifs is 3. The molecule has 0 bridgehead atoms. The first-order valence-corrected chi connectivity index (χ1v) is 17.7. The van der Waals surface area contributed by atoms with Gasteiger partial charge in [-0.15, -0.1) is 0 Å². The van der Waals surface area contributed by atoms with Crippen molar-refractivity contribution in [2.24, 2.45) is 52.3 Å². The summed E-state index contributed by atoms with van der Waals surface area (Å²) in [6, 6.07) is 0. The molecule has 3 heteroatoms. The quantitative estimate of drug-likeness (QED) is 0.305. The van der Waals surface area contributed by atoms with Crippen molar-refractivity contribution in [3.05, 3.63) is 63.0 Å². The summed E-state index contributed by atoms with van der Waals surface area (Å²) in [5, 5.41) is 0. The first-order chi connectivity index (χ1) is 13.6. The van der Waals surface area contributed by atoms with E-state index in [9.17, 15) is 0 Å². The number of hydrogen-bond donors (Lipinski definition) is 0. The van der Waals surface area contributed by atoms with Crippen molar-refractivity contribution in [2.45, 2.75) is 60.8 Å². The van der Waals surface area contributed by atoms with Crippen LogP contribution in [-0.4, -0.2) is 0 Å². The Bertz CT molecular complexity index is 694. The molecule has 2 fully saturated rings. The topological polar surface area (TPSA) is 0 Å². The summed E-state index contributed by atoms with van der Waals surface area (Å²) in [6.07, 6.45) is 21.7. The van der Waals surface area contributed by atoms with Gasteiger partial charge in [-0.05, 0) is 70.7 Å². The Kier molecular flexibility index (Phi) is 11.1. The van der Waals surface area contributed by atoms with Crippen LogP contribution in [0.3, 0.4) is 0 Å². The van der Waals surface area contributed by atoms with E-state index in [0.717, 1.165) is 17.8 Å². The van der Waals surface area contributed by atoms with Crippen molar-refractivity contribution < 1.29 is 20.8 Å². The van der Waals surface area contributed by atoms with E-state index >= 15 is 0 Å². The maximum absolute atomic E-state index is 4.93. The molecule has 0 radical (unpaired) electrons. The van der Waals surface area contributed by atoms with E-state index in [1.165, 1.54) is 24.8 Å². The van der Waals surface area contributed by atoms with Crippen molar-refractivity contribution in [2.75, 3.05) is 0 Å². The average molecular weight is 543 g/mol. The van der Waals surface area contributed by atoms with Crippen molar-refractivity contribution in [1.29, 1.82) is 0 Å². The van der Waals surface area contributed by atoms with Crippen LogP contribution in [0.2, 0.25) is 0 Å². The molecule has 4 aliphatic rings. The number of halogens is 2. The third-order valence-corrected chi connectivity index (χ3v) is 8.28. The molecule has 7 atom stereocenters. The zero-order valence-corrected chi connectivity index (χ0v) is 24.9. The predicted molar refractivity (Wildman–Crippen MR) is 137 cm³/mol. The Balaban J connectivity index is 0.000000910. The SMILES string of the molecule is CC1CCC(C(C)(C)C2C3C=CC=CC3C3C=C(C(C)(C)C)C=CC32)C1.[CH3-].[CH3-].[Cl][Zr+2][Cl]. The number of rotatable bonds is 2. The van der Waals surface area contributed by atoms with Crippen LogP contribution in [-0.2, 0) is 20.8 Å². The summed E-state index contributed by atoms with van der Waals surface area (Å²) in [4.78, 5) is 0. The Morgan fingerprint density at radius 3 is 1.90 bits per heavy atom. The Labute approximate surface area is 212 Å². The third kappa shape index (κ3) is 6.11. The van der Waals surface area contributed by atoms with Crippen LogP contribution in [0.4, 0.5) is 0 Å². The zero-order valence-electron chi connectivity index (χ0n) is 21.0. The summed E-state index contributed by atoms with van der Waals surface area (Å²) in [7, 11) is 9.87. The Hall–Kier alpha value is 0.423. The Morgan fingerprint density at radius 2 is 1.39 bits per heavy atom. The van der Waals surface area contributed by atoms with Crippen LogP contribution < -0.4 is 0 Å². The molecule has 0 heterocycles. The first kappa shape index (κ1) is 29.5. The minimum atomic E-state index is -0.826. The standard InChI is InChI=1S/C26H38.2CH3.2ClH.Zr/c1-17-11-12-19(15-17)26(5,6)24-21-10-8-7-9-20(21)23-16-18(25(2,3)4)13-14-22(23)24;;;;;/h7-10,13-14,16-17,19-24H,11-12,15H2,1-6H3;2*1H3;2*1H;/q;2*-1;;;+4/p-2. The summed E-state index contributed by atoms with van der Waals surface area (Å²) in [5.74, 6) is 5.36. The van der Waals surface area contributed by atoms with Gasteiger partial charge < -0.3 is 14.9 Å². The summed E-state index contributed by atoms with van der Waals surface area (Å²) < 4.78 is 0. The Morgan fingerprint density at radius 1 is 0.839 bits per heavy atom. The molecule has 0 aromatic rings. The van der Waals surface area contributed by atoms with Gasteiger partial charge in [0.05, 0.1) is 0 Å². The summed E-state index contributed by atoms with van der Waals surface area (Å²) in [5.41, 5.74) is 2.20. The second-order valence-corrected chi connectivity index (χ2v) is 15.1. The van der Waals surface area contributed by atoms with Crippen LogP contribution in [0.15, 0.2) is 48.1 Å². The molecule has 4 rings (SSSR count). The van der Waals surface area contributed by atoms with E-state index in [4.69, 9.17) is 17.0 Å². The minimum absolute atomic E-state index is 0. The van der Waals surface area contributed by atoms with Gasteiger partial charge in [0.15, 0.2) is 0 Å². The second kappa shape index (κ2) is 11.7. The predicted octanol–water partition coefficient (Wildman–Crippen LogP) is 9.49. The summed E-state index contributed by atoms with van der Waals surface area (Å²) in [6.45, 7) is 14.7. The van der Waals surface area contributed by atoms with E-state index < -0.39 is 20.8 Å². The van der Waals surface area contributed by atoms with Crippen LogP contribution in [0.5, 0.6) is 0 Å². The van der Waals surface area contributed by atoms with E-state index in [-0.39, 0.29) is 20.3 Å². The molecule has 0 N–H and O–H groups in total. The molecule has 0 aromatic carbocycles. The molecule has 174 valence electrons. The van der Waals surface area contributed by atoms with Gasteiger partial charge in [0, 0.05) is 0 Å². The molecule has 0 aliphatic heterocycles. The second-order valence-electron chi connectivity index (χ2n) is 11.3. The molecular formula is C28H44Cl2Zr. The van der Waals surface area contributed by atoms with Crippen LogP contribution >= 0.6 is 17.0 Å². The molecule has 4 aliphatic carbocycles. The molecule has 31 heavy (non-hydrogen) atoms. The van der Waals surface area contributed by atoms with Crippen molar-refractivity contribution in [3.63, 3.8) is 0 Å². The van der Waals surface area contributed by atoms with E-state index in [2.05, 4.69) is 84.1 Å². The van der Waals surface area contributed by atoms with Gasteiger partial charge in [0.1, 0.15) is 0 Å². The number of allylic oxidation sites excluding steroid dienone is 8. The average Bonchev–Trinajstić information content (AvgIpc) is 3.23. The van der Waals surface area contributed by atoms with Gasteiger partial charge in [0.2, 0.25) is 0 Å². The normalized spacial score (nSPS) is 35.5. The maximum atomic E-state index is 4.93. The van der Waals surface area contributed by atoms with E-state index in [0.29, 0.717) is 29.1 Å². The molecule has 2 saturated carbocycles. The molecule has 0 nitrogen and oxygen atoms in total. The van der Waals surface area contributed by atoms with Crippen molar-refractivity contribution >= 4 is 17.0 Å². The number of hydrogen-bond acceptors (Lipinski definition) is 0. The van der Waals surface area contributed by atoms with Crippen LogP contribution in [0.1, 0.15) is 60.8 Å². The van der Waals surface area contributed by atoms with Gasteiger partial charge in [-0.2, -0.15) is 0 Å². The molecule has 0 spiro atoms. The van der Waals surface area contributed by atoms with Crippen LogP contribution in [0, 0.1) is 67.1 Å². The molecular weight excluding hydrogens is 498 g/mol. The van der Waals surface area contributed by atoms with Crippen molar-refractivity contribution in [3.8, 4) is 0 Å². The fourth-order valence-electron chi connectivity index (χ4n) is 6.73. The van der Waals surface area contributed by atoms with E-state index in [1.54, 1.807) is 0 Å². The first-order valence-electron chi connectivity index (χ1n) is 11.3.